The second kappa shape index (κ2) is 16.2. The van der Waals surface area contributed by atoms with Crippen molar-refractivity contribution in [3.05, 3.63) is 12.1 Å². The average Bonchev–Trinajstić information content (AvgIpc) is 3.49. The minimum absolute atomic E-state index is 0.151. The maximum atomic E-state index is 12.9. The Labute approximate surface area is 254 Å². The molecule has 11 N–H and O–H groups in total. The molecule has 1 aromatic carbocycles. The van der Waals surface area contributed by atoms with Gasteiger partial charge >= 0.3 is 24.3 Å². The first-order valence-electron chi connectivity index (χ1n) is 12.0. The zero-order chi connectivity index (χ0) is 35.7. The molecule has 46 heavy (non-hydrogen) atoms. The summed E-state index contributed by atoms with van der Waals surface area (Å²) in [7, 11) is -9.05. The Bertz CT molecular complexity index is 1520. The Kier molecular flexibility index (Phi) is 14.2. The number of primary sulfonamides is 1. The van der Waals surface area contributed by atoms with Crippen molar-refractivity contribution in [3.8, 4) is 11.4 Å². The zero-order valence-corrected chi connectivity index (χ0v) is 24.5. The number of tetrazole rings is 1. The topological polar surface area (TPSA) is 317 Å². The monoisotopic (exact) mass is 719 g/mol. The van der Waals surface area contributed by atoms with Gasteiger partial charge < -0.3 is 36.4 Å². The molecule has 19 nitrogen and oxygen atoms in total. The Morgan fingerprint density at radius 1 is 1.09 bits per heavy atom. The highest BCUT2D eigenvalue weighted by molar-refractivity contribution is 7.92. The molecule has 1 aliphatic rings. The molecule has 1 saturated heterocycles. The summed E-state index contributed by atoms with van der Waals surface area (Å²) in [5, 5.41) is 55.3. The number of hydrogen-bond acceptors (Lipinski definition) is 14. The molecule has 2 atom stereocenters. The van der Waals surface area contributed by atoms with Crippen LogP contribution in [0.5, 0.6) is 0 Å². The fraction of sp³-hybridized carbons (Fsp3) is 0.526. The van der Waals surface area contributed by atoms with Crippen molar-refractivity contribution in [1.82, 2.24) is 30.7 Å². The lowest BCUT2D eigenvalue weighted by Gasteiger charge is -2.35. The fourth-order valence-corrected chi connectivity index (χ4v) is 6.00. The maximum Gasteiger partial charge on any atom is 0.490 e. The van der Waals surface area contributed by atoms with Crippen LogP contribution in [-0.2, 0) is 29.6 Å². The van der Waals surface area contributed by atoms with Crippen LogP contribution in [0, 0.1) is 0 Å². The highest BCUT2D eigenvalue weighted by atomic mass is 32.2. The van der Waals surface area contributed by atoms with Crippen LogP contribution in [0.4, 0.5) is 32.0 Å². The molecule has 2 heterocycles. The summed E-state index contributed by atoms with van der Waals surface area (Å²) in [6.45, 7) is 0.428. The van der Waals surface area contributed by atoms with E-state index in [0.717, 1.165) is 6.07 Å². The lowest BCUT2D eigenvalue weighted by Crippen LogP contribution is -2.52. The van der Waals surface area contributed by atoms with Crippen molar-refractivity contribution in [1.29, 1.82) is 0 Å². The number of anilines is 1. The summed E-state index contributed by atoms with van der Waals surface area (Å²) in [5.41, 5.74) is 5.45. The SMILES string of the molecule is NCC(O)CNS(=O)(=O)c1ccc(N2CCNC(CO)C2)c(-c2nn[nH]n2)c1S(N)(=O)=O.O=C(O)C(F)(F)F.O=C(O)C(F)(F)F. The summed E-state index contributed by atoms with van der Waals surface area (Å²) in [5.74, 6) is -5.69. The third-order valence-corrected chi connectivity index (χ3v) is 7.91. The number of aromatic nitrogens is 4. The fourth-order valence-electron chi connectivity index (χ4n) is 3.33. The maximum absolute atomic E-state index is 12.9. The number of carboxylic acid groups (broad SMARTS) is 2. The van der Waals surface area contributed by atoms with Gasteiger partial charge in [0.15, 0.2) is 0 Å². The Balaban J connectivity index is 0.000000629. The van der Waals surface area contributed by atoms with Crippen molar-refractivity contribution < 1.29 is 73.2 Å². The summed E-state index contributed by atoms with van der Waals surface area (Å²) in [6.07, 6.45) is -11.3. The smallest absolute Gasteiger partial charge is 0.475 e. The molecule has 0 radical (unpaired) electrons. The van der Waals surface area contributed by atoms with Gasteiger partial charge in [0.25, 0.3) is 0 Å². The number of alkyl halides is 6. The van der Waals surface area contributed by atoms with Crippen LogP contribution in [0.2, 0.25) is 0 Å². The van der Waals surface area contributed by atoms with Crippen molar-refractivity contribution in [2.75, 3.05) is 44.2 Å². The number of aliphatic hydroxyl groups is 2. The van der Waals surface area contributed by atoms with E-state index in [1.54, 1.807) is 4.90 Å². The number of benzene rings is 1. The molecule has 1 aliphatic heterocycles. The van der Waals surface area contributed by atoms with Gasteiger partial charge in [0.2, 0.25) is 25.9 Å². The number of piperazine rings is 1. The Morgan fingerprint density at radius 2 is 1.63 bits per heavy atom. The quantitative estimate of drug-likeness (QED) is 0.118. The van der Waals surface area contributed by atoms with Gasteiger partial charge in [-0.3, -0.25) is 0 Å². The first-order chi connectivity index (χ1) is 21.0. The summed E-state index contributed by atoms with van der Waals surface area (Å²) < 4.78 is 117. The van der Waals surface area contributed by atoms with Crippen LogP contribution >= 0.6 is 0 Å². The molecule has 1 aromatic heterocycles. The van der Waals surface area contributed by atoms with E-state index in [4.69, 9.17) is 30.7 Å². The second-order valence-electron chi connectivity index (χ2n) is 8.69. The lowest BCUT2D eigenvalue weighted by molar-refractivity contribution is -0.193. The van der Waals surface area contributed by atoms with Crippen molar-refractivity contribution >= 4 is 37.7 Å². The minimum atomic E-state index is -5.08. The van der Waals surface area contributed by atoms with Gasteiger partial charge in [-0.25, -0.2) is 36.3 Å². The van der Waals surface area contributed by atoms with Crippen LogP contribution in [0.25, 0.3) is 11.4 Å². The van der Waals surface area contributed by atoms with Gasteiger partial charge in [0, 0.05) is 44.5 Å². The van der Waals surface area contributed by atoms with Crippen LogP contribution in [0.3, 0.4) is 0 Å². The van der Waals surface area contributed by atoms with Crippen LogP contribution in [0.15, 0.2) is 21.9 Å². The molecule has 262 valence electrons. The number of halogens is 6. The van der Waals surface area contributed by atoms with E-state index < -0.39 is 66.8 Å². The van der Waals surface area contributed by atoms with Crippen molar-refractivity contribution in [2.45, 2.75) is 34.3 Å². The van der Waals surface area contributed by atoms with E-state index in [2.05, 4.69) is 30.7 Å². The summed E-state index contributed by atoms with van der Waals surface area (Å²) >= 11 is 0. The first kappa shape index (κ1) is 40.3. The van der Waals surface area contributed by atoms with Crippen LogP contribution in [-0.4, -0.2) is 134 Å². The van der Waals surface area contributed by atoms with Crippen LogP contribution in [0.1, 0.15) is 0 Å². The number of aromatic amines is 1. The van der Waals surface area contributed by atoms with Gasteiger partial charge in [-0.15, -0.1) is 10.2 Å². The predicted molar refractivity (Wildman–Crippen MR) is 140 cm³/mol. The molecule has 1 fully saturated rings. The van der Waals surface area contributed by atoms with E-state index >= 15 is 0 Å². The lowest BCUT2D eigenvalue weighted by atomic mass is 10.1. The van der Waals surface area contributed by atoms with E-state index in [9.17, 15) is 53.4 Å². The van der Waals surface area contributed by atoms with Gasteiger partial charge in [0.1, 0.15) is 9.79 Å². The van der Waals surface area contributed by atoms with Crippen LogP contribution < -0.4 is 25.8 Å². The molecule has 0 saturated carbocycles. The molecule has 0 spiro atoms. The molecule has 2 aromatic rings. The molecular weight excluding hydrogens is 692 g/mol. The van der Waals surface area contributed by atoms with Gasteiger partial charge in [-0.1, -0.05) is 0 Å². The number of aliphatic hydroxyl groups excluding tert-OH is 2. The van der Waals surface area contributed by atoms with E-state index in [1.165, 1.54) is 6.07 Å². The zero-order valence-electron chi connectivity index (χ0n) is 22.8. The molecule has 2 unspecified atom stereocenters. The number of nitrogens with two attached hydrogens (primary N) is 2. The number of sulfonamides is 2. The van der Waals surface area contributed by atoms with Gasteiger partial charge in [-0.05, 0) is 17.3 Å². The molecular formula is C19H27F6N9O10S2. The molecule has 3 rings (SSSR count). The number of carbonyl (C=O) groups is 2. The van der Waals surface area contributed by atoms with Gasteiger partial charge in [-0.2, -0.15) is 31.6 Å². The van der Waals surface area contributed by atoms with E-state index in [-0.39, 0.29) is 30.6 Å². The summed E-state index contributed by atoms with van der Waals surface area (Å²) in [4.78, 5) is 18.2. The van der Waals surface area contributed by atoms with E-state index in [1.807, 2.05) is 0 Å². The largest absolute Gasteiger partial charge is 0.490 e. The number of rotatable bonds is 9. The number of H-pyrrole nitrogens is 1. The predicted octanol–water partition coefficient (Wildman–Crippen LogP) is -2.85. The third-order valence-electron chi connectivity index (χ3n) is 5.33. The number of nitrogens with zero attached hydrogens (tertiary/aromatic N) is 4. The summed E-state index contributed by atoms with van der Waals surface area (Å²) in [6, 6.07) is 2.22. The minimum Gasteiger partial charge on any atom is -0.475 e. The number of aliphatic carboxylic acids is 2. The highest BCUT2D eigenvalue weighted by Gasteiger charge is 2.39. The van der Waals surface area contributed by atoms with Crippen molar-refractivity contribution in [3.63, 3.8) is 0 Å². The van der Waals surface area contributed by atoms with Gasteiger partial charge in [0.05, 0.1) is 18.3 Å². The normalized spacial score (nSPS) is 16.4. The number of carboxylic acids is 2. The third kappa shape index (κ3) is 11.9. The number of nitrogens with one attached hydrogen (secondary N) is 3. The standard InChI is InChI=1S/C15H25N9O6S2.2C2HF3O2/c16-5-10(26)6-19-32(29,30)12-2-1-11(24-4-3-18-9(7-24)8-25)13(14(12)31(17,27)28)15-20-22-23-21-15;2*3-2(4,5)1(6)7/h1-2,9-10,18-19,25-26H,3-8,16H2,(H2,17,27,28)(H,20,21,22,23);2*(H,6,7). The molecule has 27 heteroatoms. The Hall–Kier alpha value is -3.73. The first-order valence-corrected chi connectivity index (χ1v) is 15.0. The molecule has 0 aliphatic carbocycles. The average molecular weight is 720 g/mol. The van der Waals surface area contributed by atoms with E-state index in [0.29, 0.717) is 25.3 Å². The highest BCUT2D eigenvalue weighted by Crippen LogP contribution is 2.38. The molecule has 0 amide bonds. The molecule has 0 bridgehead atoms. The number of hydrogen-bond donors (Lipinski definition) is 9. The second-order valence-corrected chi connectivity index (χ2v) is 11.9. The Morgan fingerprint density at radius 3 is 2.04 bits per heavy atom. The van der Waals surface area contributed by atoms with Crippen molar-refractivity contribution in [2.24, 2.45) is 10.9 Å².